The quantitative estimate of drug-likeness (QED) is 0.674. The van der Waals surface area contributed by atoms with Gasteiger partial charge in [0, 0.05) is 11.8 Å². The highest BCUT2D eigenvalue weighted by Gasteiger charge is 2.10. The maximum Gasteiger partial charge on any atom is 0.202 e. The second-order valence-electron chi connectivity index (χ2n) is 3.74. The molecule has 5 heteroatoms. The van der Waals surface area contributed by atoms with Crippen LogP contribution in [0.3, 0.4) is 0 Å². The smallest absolute Gasteiger partial charge is 0.202 e. The number of aromatic nitrogens is 4. The van der Waals surface area contributed by atoms with E-state index in [1.807, 2.05) is 32.0 Å². The fourth-order valence-corrected chi connectivity index (χ4v) is 1.58. The molecule has 0 unspecified atom stereocenters. The topological polar surface area (TPSA) is 67.6 Å². The molecular weight excluding hydrogens is 204 g/mol. The minimum Gasteiger partial charge on any atom is -0.353 e. The van der Waals surface area contributed by atoms with E-state index < -0.39 is 0 Å². The Hall–Kier alpha value is -2.17. The number of imidazole rings is 1. The molecule has 0 bridgehead atoms. The number of aryl methyl sites for hydroxylation is 2. The highest BCUT2D eigenvalue weighted by Crippen LogP contribution is 2.19. The van der Waals surface area contributed by atoms with E-state index in [2.05, 4.69) is 20.1 Å². The highest BCUT2D eigenvalue weighted by atomic mass is 16.5. The summed E-state index contributed by atoms with van der Waals surface area (Å²) in [7, 11) is 0. The summed E-state index contributed by atoms with van der Waals surface area (Å²) >= 11 is 0. The van der Waals surface area contributed by atoms with Gasteiger partial charge in [-0.15, -0.1) is 0 Å². The van der Waals surface area contributed by atoms with Gasteiger partial charge < -0.3 is 9.51 Å². The summed E-state index contributed by atoms with van der Waals surface area (Å²) in [6.07, 6.45) is 0. The van der Waals surface area contributed by atoms with Gasteiger partial charge in [-0.1, -0.05) is 5.16 Å². The first-order chi connectivity index (χ1) is 7.72. The van der Waals surface area contributed by atoms with Crippen molar-refractivity contribution in [2.45, 2.75) is 13.8 Å². The lowest BCUT2D eigenvalue weighted by Crippen LogP contribution is -1.80. The number of hydrogen-bond donors (Lipinski definition) is 1. The van der Waals surface area contributed by atoms with Crippen molar-refractivity contribution in [2.24, 2.45) is 0 Å². The van der Waals surface area contributed by atoms with Crippen LogP contribution >= 0.6 is 0 Å². The Balaban J connectivity index is 2.18. The van der Waals surface area contributed by atoms with Gasteiger partial charge in [-0.05, 0) is 26.0 Å². The van der Waals surface area contributed by atoms with E-state index in [0.29, 0.717) is 17.2 Å². The maximum atomic E-state index is 5.14. The van der Waals surface area contributed by atoms with E-state index in [1.165, 1.54) is 0 Å². The van der Waals surface area contributed by atoms with Gasteiger partial charge >= 0.3 is 0 Å². The Labute approximate surface area is 91.5 Å². The molecule has 0 saturated heterocycles. The molecule has 0 aromatic carbocycles. The molecule has 3 heterocycles. The summed E-state index contributed by atoms with van der Waals surface area (Å²) in [5, 5.41) is 3.83. The number of rotatable bonds is 1. The zero-order valence-corrected chi connectivity index (χ0v) is 8.98. The molecule has 80 valence electrons. The molecule has 3 rings (SSSR count). The normalized spacial score (nSPS) is 11.1. The van der Waals surface area contributed by atoms with Crippen LogP contribution < -0.4 is 0 Å². The van der Waals surface area contributed by atoms with Crippen LogP contribution in [0.15, 0.2) is 22.7 Å². The fraction of sp³-hybridized carbons (Fsp3) is 0.182. The highest BCUT2D eigenvalue weighted by molar-refractivity contribution is 5.74. The average Bonchev–Trinajstić information content (AvgIpc) is 2.83. The predicted molar refractivity (Wildman–Crippen MR) is 58.9 cm³/mol. The van der Waals surface area contributed by atoms with Crippen molar-refractivity contribution in [1.29, 1.82) is 0 Å². The van der Waals surface area contributed by atoms with E-state index in [4.69, 9.17) is 4.52 Å². The van der Waals surface area contributed by atoms with Gasteiger partial charge in [-0.3, -0.25) is 0 Å². The van der Waals surface area contributed by atoms with E-state index in [1.54, 1.807) is 0 Å². The number of aromatic amines is 1. The third kappa shape index (κ3) is 1.37. The summed E-state index contributed by atoms with van der Waals surface area (Å²) in [6, 6.07) is 5.73. The van der Waals surface area contributed by atoms with E-state index in [9.17, 15) is 0 Å². The SMILES string of the molecule is Cc1cc(-c2nc3nc(C)ccc3[nH]2)on1. The molecule has 0 fully saturated rings. The van der Waals surface area contributed by atoms with Crippen LogP contribution in [0.1, 0.15) is 11.4 Å². The molecule has 0 aliphatic heterocycles. The van der Waals surface area contributed by atoms with Crippen LogP contribution in [0, 0.1) is 13.8 Å². The van der Waals surface area contributed by atoms with Crippen molar-refractivity contribution in [3.63, 3.8) is 0 Å². The van der Waals surface area contributed by atoms with Gasteiger partial charge in [-0.2, -0.15) is 0 Å². The van der Waals surface area contributed by atoms with Crippen molar-refractivity contribution in [2.75, 3.05) is 0 Å². The maximum absolute atomic E-state index is 5.14. The summed E-state index contributed by atoms with van der Waals surface area (Å²) < 4.78 is 5.14. The van der Waals surface area contributed by atoms with E-state index in [-0.39, 0.29) is 0 Å². The first-order valence-electron chi connectivity index (χ1n) is 4.99. The molecule has 3 aromatic heterocycles. The second-order valence-corrected chi connectivity index (χ2v) is 3.74. The summed E-state index contributed by atoms with van der Waals surface area (Å²) in [5.74, 6) is 1.29. The Morgan fingerprint density at radius 2 is 2.00 bits per heavy atom. The largest absolute Gasteiger partial charge is 0.353 e. The number of fused-ring (bicyclic) bond motifs is 1. The molecule has 0 spiro atoms. The van der Waals surface area contributed by atoms with Crippen molar-refractivity contribution >= 4 is 11.2 Å². The first kappa shape index (κ1) is 9.08. The second kappa shape index (κ2) is 3.16. The number of hydrogen-bond acceptors (Lipinski definition) is 4. The van der Waals surface area contributed by atoms with Gasteiger partial charge in [0.2, 0.25) is 5.76 Å². The monoisotopic (exact) mass is 214 g/mol. The van der Waals surface area contributed by atoms with E-state index in [0.717, 1.165) is 16.9 Å². The van der Waals surface area contributed by atoms with Gasteiger partial charge in [0.15, 0.2) is 11.5 Å². The third-order valence-corrected chi connectivity index (χ3v) is 2.35. The lowest BCUT2D eigenvalue weighted by Gasteiger charge is -1.88. The molecule has 0 aliphatic carbocycles. The molecule has 16 heavy (non-hydrogen) atoms. The fourth-order valence-electron chi connectivity index (χ4n) is 1.58. The number of pyridine rings is 1. The van der Waals surface area contributed by atoms with Gasteiger partial charge in [0.1, 0.15) is 0 Å². The minimum atomic E-state index is 0.633. The van der Waals surface area contributed by atoms with Crippen molar-refractivity contribution < 1.29 is 4.52 Å². The number of nitrogens with one attached hydrogen (secondary N) is 1. The molecule has 5 nitrogen and oxygen atoms in total. The van der Waals surface area contributed by atoms with E-state index >= 15 is 0 Å². The molecule has 1 N–H and O–H groups in total. The third-order valence-electron chi connectivity index (χ3n) is 2.35. The molecule has 3 aromatic rings. The van der Waals surface area contributed by atoms with Crippen LogP contribution in [0.2, 0.25) is 0 Å². The van der Waals surface area contributed by atoms with Gasteiger partial charge in [0.25, 0.3) is 0 Å². The van der Waals surface area contributed by atoms with Crippen LogP contribution in [-0.4, -0.2) is 20.1 Å². The number of H-pyrrole nitrogens is 1. The minimum absolute atomic E-state index is 0.633. The molecule has 0 amide bonds. The van der Waals surface area contributed by atoms with Crippen molar-refractivity contribution in [3.8, 4) is 11.6 Å². The standard InChI is InChI=1S/C11H10N4O/c1-6-3-4-8-10(12-6)14-11(13-8)9-5-7(2)15-16-9/h3-5H,1-2H3,(H,12,13,14). The predicted octanol–water partition coefficient (Wildman–Crippen LogP) is 2.23. The zero-order chi connectivity index (χ0) is 11.1. The lowest BCUT2D eigenvalue weighted by atomic mass is 10.3. The van der Waals surface area contributed by atoms with Gasteiger partial charge in [0.05, 0.1) is 11.2 Å². The van der Waals surface area contributed by atoms with Crippen LogP contribution in [0.5, 0.6) is 0 Å². The van der Waals surface area contributed by atoms with Gasteiger partial charge in [-0.25, -0.2) is 9.97 Å². The Morgan fingerprint density at radius 3 is 2.75 bits per heavy atom. The Bertz CT molecular complexity index is 653. The Kier molecular flexibility index (Phi) is 1.80. The van der Waals surface area contributed by atoms with Crippen LogP contribution in [0.4, 0.5) is 0 Å². The summed E-state index contributed by atoms with van der Waals surface area (Å²) in [6.45, 7) is 3.81. The number of nitrogens with zero attached hydrogens (tertiary/aromatic N) is 3. The lowest BCUT2D eigenvalue weighted by molar-refractivity contribution is 0.425. The molecule has 0 saturated carbocycles. The van der Waals surface area contributed by atoms with Crippen LogP contribution in [0.25, 0.3) is 22.7 Å². The van der Waals surface area contributed by atoms with Crippen LogP contribution in [-0.2, 0) is 0 Å². The first-order valence-corrected chi connectivity index (χ1v) is 4.99. The molecule has 0 atom stereocenters. The summed E-state index contributed by atoms with van der Waals surface area (Å²) in [5.41, 5.74) is 3.37. The van der Waals surface area contributed by atoms with Crippen molar-refractivity contribution in [1.82, 2.24) is 20.1 Å². The molecule has 0 radical (unpaired) electrons. The Morgan fingerprint density at radius 1 is 1.12 bits per heavy atom. The average molecular weight is 214 g/mol. The molecule has 0 aliphatic rings. The zero-order valence-electron chi connectivity index (χ0n) is 8.98. The van der Waals surface area contributed by atoms with Crippen molar-refractivity contribution in [3.05, 3.63) is 29.6 Å². The molecular formula is C11H10N4O. The summed E-state index contributed by atoms with van der Waals surface area (Å²) in [4.78, 5) is 11.8.